The third-order valence-electron chi connectivity index (χ3n) is 2.24. The second kappa shape index (κ2) is 7.37. The summed E-state index contributed by atoms with van der Waals surface area (Å²) in [6.07, 6.45) is 3.64. The molecule has 0 fully saturated rings. The summed E-state index contributed by atoms with van der Waals surface area (Å²) >= 11 is 0. The van der Waals surface area contributed by atoms with Crippen LogP contribution in [0, 0.1) is 0 Å². The zero-order valence-corrected chi connectivity index (χ0v) is 10.6. The van der Waals surface area contributed by atoms with Gasteiger partial charge in [-0.2, -0.15) is 0 Å². The van der Waals surface area contributed by atoms with Crippen molar-refractivity contribution in [2.75, 3.05) is 19.7 Å². The summed E-state index contributed by atoms with van der Waals surface area (Å²) in [5.74, 6) is -1.02. The minimum Gasteiger partial charge on any atom is -0.366 e. The van der Waals surface area contributed by atoms with Crippen LogP contribution in [0.1, 0.15) is 26.0 Å². The van der Waals surface area contributed by atoms with E-state index in [1.807, 2.05) is 24.4 Å². The van der Waals surface area contributed by atoms with Crippen molar-refractivity contribution in [2.24, 2.45) is 0 Å². The Morgan fingerprint density at radius 2 is 2.18 bits per heavy atom. The van der Waals surface area contributed by atoms with Gasteiger partial charge in [-0.15, -0.1) is 0 Å². The van der Waals surface area contributed by atoms with Gasteiger partial charge in [0.2, 0.25) is 0 Å². The molecule has 96 valence electrons. The molecule has 1 rings (SSSR count). The second-order valence-corrected chi connectivity index (χ2v) is 4.47. The Morgan fingerprint density at radius 1 is 1.35 bits per heavy atom. The van der Waals surface area contributed by atoms with Crippen molar-refractivity contribution in [3.05, 3.63) is 30.1 Å². The lowest BCUT2D eigenvalue weighted by Gasteiger charge is -2.17. The van der Waals surface area contributed by atoms with Crippen LogP contribution in [0.5, 0.6) is 0 Å². The molecule has 0 aliphatic heterocycles. The first-order valence-electron chi connectivity index (χ1n) is 6.05. The van der Waals surface area contributed by atoms with E-state index in [9.17, 15) is 5.11 Å². The summed E-state index contributed by atoms with van der Waals surface area (Å²) in [7, 11) is 0. The molecule has 0 aliphatic rings. The summed E-state index contributed by atoms with van der Waals surface area (Å²) in [6.45, 7) is 5.66. The first-order chi connectivity index (χ1) is 8.08. The van der Waals surface area contributed by atoms with Crippen molar-refractivity contribution in [1.82, 2.24) is 10.3 Å². The molecule has 0 spiro atoms. The van der Waals surface area contributed by atoms with Crippen molar-refractivity contribution < 1.29 is 9.84 Å². The minimum atomic E-state index is -1.02. The summed E-state index contributed by atoms with van der Waals surface area (Å²) < 4.78 is 5.20. The number of nitrogens with zero attached hydrogens (tertiary/aromatic N) is 1. The number of hydrogen-bond donors (Lipinski definition) is 2. The van der Waals surface area contributed by atoms with Crippen LogP contribution in [-0.4, -0.2) is 35.6 Å². The largest absolute Gasteiger partial charge is 0.366 e. The van der Waals surface area contributed by atoms with Crippen molar-refractivity contribution >= 4 is 0 Å². The summed E-state index contributed by atoms with van der Waals surface area (Å²) in [5, 5.41) is 12.6. The quantitative estimate of drug-likeness (QED) is 0.530. The fourth-order valence-electron chi connectivity index (χ4n) is 1.41. The second-order valence-electron chi connectivity index (χ2n) is 4.47. The maximum atomic E-state index is 9.32. The number of aliphatic hydroxyl groups is 1. The highest BCUT2D eigenvalue weighted by molar-refractivity contribution is 5.03. The van der Waals surface area contributed by atoms with Gasteiger partial charge in [0.1, 0.15) is 0 Å². The van der Waals surface area contributed by atoms with E-state index >= 15 is 0 Å². The van der Waals surface area contributed by atoms with Gasteiger partial charge >= 0.3 is 0 Å². The summed E-state index contributed by atoms with van der Waals surface area (Å²) in [4.78, 5) is 4.25. The van der Waals surface area contributed by atoms with E-state index in [1.54, 1.807) is 13.8 Å². The smallest absolute Gasteiger partial charge is 0.159 e. The molecule has 1 heterocycles. The Morgan fingerprint density at radius 3 is 2.82 bits per heavy atom. The van der Waals surface area contributed by atoms with Gasteiger partial charge in [0.05, 0.1) is 6.61 Å². The van der Waals surface area contributed by atoms with Gasteiger partial charge < -0.3 is 15.2 Å². The van der Waals surface area contributed by atoms with Crippen molar-refractivity contribution in [3.63, 3.8) is 0 Å². The molecule has 0 atom stereocenters. The van der Waals surface area contributed by atoms with E-state index in [0.717, 1.165) is 31.6 Å². The summed E-state index contributed by atoms with van der Waals surface area (Å²) in [6, 6.07) is 5.95. The van der Waals surface area contributed by atoms with Gasteiger partial charge in [-0.1, -0.05) is 6.07 Å². The van der Waals surface area contributed by atoms with E-state index < -0.39 is 5.79 Å². The monoisotopic (exact) mass is 238 g/mol. The van der Waals surface area contributed by atoms with Crippen LogP contribution in [-0.2, 0) is 11.2 Å². The van der Waals surface area contributed by atoms with Gasteiger partial charge in [-0.25, -0.2) is 0 Å². The van der Waals surface area contributed by atoms with E-state index in [1.165, 1.54) is 0 Å². The molecule has 0 aliphatic carbocycles. The lowest BCUT2D eigenvalue weighted by molar-refractivity contribution is -0.176. The Kier molecular flexibility index (Phi) is 6.11. The molecule has 0 saturated heterocycles. The van der Waals surface area contributed by atoms with Crippen LogP contribution < -0.4 is 5.32 Å². The standard InChI is InChI=1S/C13H22N2O2/c1-13(2,16)17-11-5-8-14-10-7-12-6-3-4-9-15-12/h3-4,6,9,14,16H,5,7-8,10-11H2,1-2H3. The van der Waals surface area contributed by atoms with Crippen molar-refractivity contribution in [2.45, 2.75) is 32.5 Å². The SMILES string of the molecule is CC(C)(O)OCCCNCCc1ccccn1. The molecule has 0 radical (unpaired) electrons. The zero-order valence-electron chi connectivity index (χ0n) is 10.6. The Bertz CT molecular complexity index is 296. The fraction of sp³-hybridized carbons (Fsp3) is 0.615. The number of pyridine rings is 1. The van der Waals surface area contributed by atoms with E-state index in [2.05, 4.69) is 10.3 Å². The molecule has 4 heteroatoms. The molecule has 0 unspecified atom stereocenters. The van der Waals surface area contributed by atoms with Crippen molar-refractivity contribution in [3.8, 4) is 0 Å². The Labute approximate surface area is 103 Å². The molecule has 2 N–H and O–H groups in total. The highest BCUT2D eigenvalue weighted by Crippen LogP contribution is 2.02. The van der Waals surface area contributed by atoms with Crippen LogP contribution in [0.2, 0.25) is 0 Å². The Hall–Kier alpha value is -0.970. The average molecular weight is 238 g/mol. The van der Waals surface area contributed by atoms with Gasteiger partial charge in [-0.05, 0) is 38.9 Å². The third-order valence-corrected chi connectivity index (χ3v) is 2.24. The fourth-order valence-corrected chi connectivity index (χ4v) is 1.41. The van der Waals surface area contributed by atoms with Crippen LogP contribution in [0.25, 0.3) is 0 Å². The van der Waals surface area contributed by atoms with Crippen LogP contribution in [0.3, 0.4) is 0 Å². The molecule has 4 nitrogen and oxygen atoms in total. The lowest BCUT2D eigenvalue weighted by Crippen LogP contribution is -2.26. The number of aromatic nitrogens is 1. The Balaban J connectivity index is 1.95. The maximum absolute atomic E-state index is 9.32. The van der Waals surface area contributed by atoms with Gasteiger partial charge in [0.25, 0.3) is 0 Å². The normalized spacial score (nSPS) is 11.7. The van der Waals surface area contributed by atoms with Crippen LogP contribution in [0.15, 0.2) is 24.4 Å². The number of rotatable bonds is 8. The number of hydrogen-bond acceptors (Lipinski definition) is 4. The van der Waals surface area contributed by atoms with Gasteiger partial charge in [0.15, 0.2) is 5.79 Å². The molecule has 0 aromatic carbocycles. The van der Waals surface area contributed by atoms with Crippen LogP contribution in [0.4, 0.5) is 0 Å². The topological polar surface area (TPSA) is 54.4 Å². The lowest BCUT2D eigenvalue weighted by atomic mass is 10.3. The summed E-state index contributed by atoms with van der Waals surface area (Å²) in [5.41, 5.74) is 1.10. The molecular formula is C13H22N2O2. The van der Waals surface area contributed by atoms with E-state index in [4.69, 9.17) is 4.74 Å². The molecular weight excluding hydrogens is 216 g/mol. The predicted octanol–water partition coefficient (Wildman–Crippen LogP) is 1.35. The minimum absolute atomic E-state index is 0.570. The number of nitrogens with one attached hydrogen (secondary N) is 1. The zero-order chi connectivity index (χ0) is 12.6. The highest BCUT2D eigenvalue weighted by atomic mass is 16.6. The van der Waals surface area contributed by atoms with E-state index in [0.29, 0.717) is 6.61 Å². The molecule has 0 saturated carbocycles. The van der Waals surface area contributed by atoms with Gasteiger partial charge in [0, 0.05) is 24.9 Å². The molecule has 0 bridgehead atoms. The average Bonchev–Trinajstić information content (AvgIpc) is 2.28. The first kappa shape index (κ1) is 14.1. The third kappa shape index (κ3) is 7.85. The number of ether oxygens (including phenoxy) is 1. The first-order valence-corrected chi connectivity index (χ1v) is 6.05. The molecule has 1 aromatic rings. The van der Waals surface area contributed by atoms with Crippen LogP contribution >= 0.6 is 0 Å². The maximum Gasteiger partial charge on any atom is 0.159 e. The van der Waals surface area contributed by atoms with Crippen molar-refractivity contribution in [1.29, 1.82) is 0 Å². The molecule has 17 heavy (non-hydrogen) atoms. The molecule has 1 aromatic heterocycles. The predicted molar refractivity (Wildman–Crippen MR) is 67.7 cm³/mol. The highest BCUT2D eigenvalue weighted by Gasteiger charge is 2.10. The van der Waals surface area contributed by atoms with E-state index in [-0.39, 0.29) is 0 Å². The molecule has 0 amide bonds. The van der Waals surface area contributed by atoms with Gasteiger partial charge in [-0.3, -0.25) is 4.98 Å².